The lowest BCUT2D eigenvalue weighted by molar-refractivity contribution is 0.171. The fraction of sp³-hybridized carbons (Fsp3) is 0.222. The standard InChI is InChI=1S/C27H23Cl2N3O5S/c28-19-6-4-18(5-7-19)25-30-26(38(33,34)22-8-9-23-24(17-22)36-15-14-35-23)27(37-25)32-12-10-31(11-13-32)21-3-1-2-20(29)16-21/h1-9,16-17H,10-15H2. The molecule has 0 saturated carbocycles. The second kappa shape index (κ2) is 10.1. The fourth-order valence-electron chi connectivity index (χ4n) is 4.53. The Morgan fingerprint density at radius 1 is 0.763 bits per heavy atom. The van der Waals surface area contributed by atoms with Gasteiger partial charge in [0.1, 0.15) is 13.2 Å². The van der Waals surface area contributed by atoms with Crippen LogP contribution in [0.15, 0.2) is 81.1 Å². The van der Waals surface area contributed by atoms with Gasteiger partial charge in [0, 0.05) is 53.5 Å². The van der Waals surface area contributed by atoms with Gasteiger partial charge in [-0.1, -0.05) is 29.3 Å². The van der Waals surface area contributed by atoms with Crippen LogP contribution in [0.25, 0.3) is 11.5 Å². The SMILES string of the molecule is O=S(=O)(c1ccc2c(c1)OCCO2)c1nc(-c2ccc(Cl)cc2)oc1N1CCN(c2cccc(Cl)c2)CC1. The number of fused-ring (bicyclic) bond motifs is 1. The van der Waals surface area contributed by atoms with Gasteiger partial charge in [-0.05, 0) is 54.6 Å². The van der Waals surface area contributed by atoms with Crippen LogP contribution in [-0.2, 0) is 9.84 Å². The maximum atomic E-state index is 13.9. The molecule has 196 valence electrons. The van der Waals surface area contributed by atoms with E-state index in [9.17, 15) is 8.42 Å². The van der Waals surface area contributed by atoms with Crippen LogP contribution in [0.4, 0.5) is 11.6 Å². The first-order valence-electron chi connectivity index (χ1n) is 12.1. The van der Waals surface area contributed by atoms with Crippen LogP contribution in [0.1, 0.15) is 0 Å². The summed E-state index contributed by atoms with van der Waals surface area (Å²) < 4.78 is 45.2. The van der Waals surface area contributed by atoms with E-state index in [1.54, 1.807) is 30.3 Å². The highest BCUT2D eigenvalue weighted by molar-refractivity contribution is 7.91. The summed E-state index contributed by atoms with van der Waals surface area (Å²) in [6.07, 6.45) is 0. The highest BCUT2D eigenvalue weighted by Crippen LogP contribution is 2.39. The molecule has 0 bridgehead atoms. The first-order valence-corrected chi connectivity index (χ1v) is 14.3. The maximum Gasteiger partial charge on any atom is 0.236 e. The number of nitrogens with zero attached hydrogens (tertiary/aromatic N) is 3. The highest BCUT2D eigenvalue weighted by atomic mass is 35.5. The Bertz CT molecular complexity index is 1580. The van der Waals surface area contributed by atoms with E-state index in [0.717, 1.165) is 5.69 Å². The van der Waals surface area contributed by atoms with Gasteiger partial charge in [-0.2, -0.15) is 4.98 Å². The van der Waals surface area contributed by atoms with Gasteiger partial charge >= 0.3 is 0 Å². The van der Waals surface area contributed by atoms with Crippen molar-refractivity contribution < 1.29 is 22.3 Å². The molecule has 4 aromatic rings. The van der Waals surface area contributed by atoms with E-state index in [4.69, 9.17) is 37.1 Å². The van der Waals surface area contributed by atoms with E-state index in [0.29, 0.717) is 66.5 Å². The van der Waals surface area contributed by atoms with Crippen LogP contribution < -0.4 is 19.3 Å². The topological polar surface area (TPSA) is 85.1 Å². The molecule has 1 fully saturated rings. The molecule has 38 heavy (non-hydrogen) atoms. The minimum absolute atomic E-state index is 0.0523. The second-order valence-electron chi connectivity index (χ2n) is 8.90. The minimum Gasteiger partial charge on any atom is -0.486 e. The van der Waals surface area contributed by atoms with E-state index in [-0.39, 0.29) is 21.7 Å². The van der Waals surface area contributed by atoms with E-state index < -0.39 is 9.84 Å². The molecule has 11 heteroatoms. The van der Waals surface area contributed by atoms with Crippen LogP contribution in [-0.4, -0.2) is 52.8 Å². The molecule has 3 heterocycles. The number of rotatable bonds is 5. The van der Waals surface area contributed by atoms with Crippen LogP contribution in [0.3, 0.4) is 0 Å². The Morgan fingerprint density at radius 3 is 2.21 bits per heavy atom. The average Bonchev–Trinajstić information content (AvgIpc) is 3.40. The molecule has 2 aliphatic rings. The molecule has 1 saturated heterocycles. The van der Waals surface area contributed by atoms with E-state index in [1.807, 2.05) is 29.2 Å². The summed E-state index contributed by atoms with van der Waals surface area (Å²) in [5.74, 6) is 1.30. The number of aromatic nitrogens is 1. The summed E-state index contributed by atoms with van der Waals surface area (Å²) in [7, 11) is -4.06. The Hall–Kier alpha value is -3.40. The van der Waals surface area contributed by atoms with Gasteiger partial charge in [0.25, 0.3) is 0 Å². The first kappa shape index (κ1) is 24.9. The molecule has 2 aliphatic heterocycles. The van der Waals surface area contributed by atoms with Crippen molar-refractivity contribution in [2.24, 2.45) is 0 Å². The zero-order chi connectivity index (χ0) is 26.3. The second-order valence-corrected chi connectivity index (χ2v) is 11.6. The highest BCUT2D eigenvalue weighted by Gasteiger charge is 2.34. The molecule has 0 radical (unpaired) electrons. The lowest BCUT2D eigenvalue weighted by Gasteiger charge is -2.36. The Labute approximate surface area is 230 Å². The Balaban J connectivity index is 1.36. The molecular formula is C27H23Cl2N3O5S. The van der Waals surface area contributed by atoms with Gasteiger partial charge in [-0.25, -0.2) is 8.42 Å². The molecule has 0 aliphatic carbocycles. The zero-order valence-electron chi connectivity index (χ0n) is 20.1. The quantitative estimate of drug-likeness (QED) is 0.307. The summed E-state index contributed by atoms with van der Waals surface area (Å²) in [5.41, 5.74) is 1.64. The van der Waals surface area contributed by atoms with Gasteiger partial charge in [-0.15, -0.1) is 0 Å². The lowest BCUT2D eigenvalue weighted by atomic mass is 10.2. The number of sulfone groups is 1. The van der Waals surface area contributed by atoms with Crippen LogP contribution in [0.2, 0.25) is 10.0 Å². The molecule has 0 unspecified atom stereocenters. The molecule has 0 N–H and O–H groups in total. The predicted octanol–water partition coefficient (Wildman–Crippen LogP) is 5.58. The van der Waals surface area contributed by atoms with E-state index in [2.05, 4.69) is 9.88 Å². The van der Waals surface area contributed by atoms with Crippen molar-refractivity contribution in [3.05, 3.63) is 76.8 Å². The first-order chi connectivity index (χ1) is 18.4. The normalized spacial score (nSPS) is 15.5. The van der Waals surface area contributed by atoms with E-state index in [1.165, 1.54) is 12.1 Å². The molecule has 6 rings (SSSR count). The molecule has 8 nitrogen and oxygen atoms in total. The number of oxazole rings is 1. The monoisotopic (exact) mass is 571 g/mol. The van der Waals surface area contributed by atoms with Crippen molar-refractivity contribution in [1.29, 1.82) is 0 Å². The van der Waals surface area contributed by atoms with Crippen LogP contribution >= 0.6 is 23.2 Å². The van der Waals surface area contributed by atoms with Crippen molar-refractivity contribution in [1.82, 2.24) is 4.98 Å². The number of anilines is 2. The smallest absolute Gasteiger partial charge is 0.236 e. The molecule has 1 aromatic heterocycles. The number of piperazine rings is 1. The van der Waals surface area contributed by atoms with Crippen LogP contribution in [0, 0.1) is 0 Å². The molecule has 0 spiro atoms. The van der Waals surface area contributed by atoms with Gasteiger partial charge in [0.15, 0.2) is 11.5 Å². The molecule has 0 amide bonds. The predicted molar refractivity (Wildman–Crippen MR) is 146 cm³/mol. The van der Waals surface area contributed by atoms with Gasteiger partial charge in [0.2, 0.25) is 26.6 Å². The zero-order valence-corrected chi connectivity index (χ0v) is 22.5. The summed E-state index contributed by atoms with van der Waals surface area (Å²) in [6, 6.07) is 19.2. The summed E-state index contributed by atoms with van der Waals surface area (Å²) in [6.45, 7) is 3.14. The third-order valence-electron chi connectivity index (χ3n) is 6.49. The number of ether oxygens (including phenoxy) is 2. The largest absolute Gasteiger partial charge is 0.486 e. The molecule has 3 aromatic carbocycles. The number of halogens is 2. The van der Waals surface area contributed by atoms with Gasteiger partial charge in [0.05, 0.1) is 4.90 Å². The third-order valence-corrected chi connectivity index (χ3v) is 8.63. The van der Waals surface area contributed by atoms with Crippen molar-refractivity contribution in [2.45, 2.75) is 9.92 Å². The molecule has 0 atom stereocenters. The average molecular weight is 572 g/mol. The van der Waals surface area contributed by atoms with Crippen LogP contribution in [0.5, 0.6) is 11.5 Å². The number of hydrogen-bond donors (Lipinski definition) is 0. The third kappa shape index (κ3) is 4.77. The maximum absolute atomic E-state index is 13.9. The van der Waals surface area contributed by atoms with E-state index >= 15 is 0 Å². The van der Waals surface area contributed by atoms with Crippen molar-refractivity contribution in [3.63, 3.8) is 0 Å². The fourth-order valence-corrected chi connectivity index (χ4v) is 6.18. The van der Waals surface area contributed by atoms with Crippen molar-refractivity contribution in [2.75, 3.05) is 49.2 Å². The minimum atomic E-state index is -4.06. The van der Waals surface area contributed by atoms with Crippen molar-refractivity contribution in [3.8, 4) is 23.0 Å². The van der Waals surface area contributed by atoms with Gasteiger partial charge < -0.3 is 23.7 Å². The summed E-state index contributed by atoms with van der Waals surface area (Å²) >= 11 is 12.2. The number of benzene rings is 3. The molecular weight excluding hydrogens is 549 g/mol. The lowest BCUT2D eigenvalue weighted by Crippen LogP contribution is -2.46. The summed E-state index contributed by atoms with van der Waals surface area (Å²) in [4.78, 5) is 8.66. The Morgan fingerprint density at radius 2 is 1.47 bits per heavy atom. The Kier molecular flexibility index (Phi) is 6.59. The number of hydrogen-bond acceptors (Lipinski definition) is 8. The van der Waals surface area contributed by atoms with Crippen molar-refractivity contribution >= 4 is 44.6 Å². The van der Waals surface area contributed by atoms with Gasteiger partial charge in [-0.3, -0.25) is 0 Å². The summed E-state index contributed by atoms with van der Waals surface area (Å²) in [5, 5.41) is 1.08.